The summed E-state index contributed by atoms with van der Waals surface area (Å²) >= 11 is 0. The topological polar surface area (TPSA) is 44.5 Å². The Morgan fingerprint density at radius 2 is 1.76 bits per heavy atom. The van der Waals surface area contributed by atoms with Gasteiger partial charge in [-0.25, -0.2) is 4.39 Å². The Morgan fingerprint density at radius 3 is 2.33 bits per heavy atom. The molecule has 2 aromatic rings. The summed E-state index contributed by atoms with van der Waals surface area (Å²) in [5.41, 5.74) is 7.04. The lowest BCUT2D eigenvalue weighted by Gasteiger charge is -2.25. The van der Waals surface area contributed by atoms with Crippen molar-refractivity contribution in [1.82, 2.24) is 0 Å². The summed E-state index contributed by atoms with van der Waals surface area (Å²) in [6.07, 6.45) is 0.323. The molecule has 112 valence electrons. The monoisotopic (exact) mass is 289 g/mol. The summed E-state index contributed by atoms with van der Waals surface area (Å²) in [7, 11) is 1.61. The largest absolute Gasteiger partial charge is 0.497 e. The van der Waals surface area contributed by atoms with Gasteiger partial charge in [-0.3, -0.25) is 0 Å². The van der Waals surface area contributed by atoms with E-state index in [1.54, 1.807) is 25.3 Å². The average Bonchev–Trinajstić information content (AvgIpc) is 2.53. The predicted molar refractivity (Wildman–Crippen MR) is 81.0 cm³/mol. The maximum absolute atomic E-state index is 13.8. The molecule has 2 rings (SSSR count). The van der Waals surface area contributed by atoms with E-state index in [2.05, 4.69) is 0 Å². The third kappa shape index (κ3) is 3.73. The van der Waals surface area contributed by atoms with E-state index in [0.717, 1.165) is 17.7 Å². The van der Waals surface area contributed by atoms with Gasteiger partial charge in [0.2, 0.25) is 0 Å². The van der Waals surface area contributed by atoms with Crippen LogP contribution in [0.5, 0.6) is 11.5 Å². The lowest BCUT2D eigenvalue weighted by molar-refractivity contribution is 0.163. The van der Waals surface area contributed by atoms with Gasteiger partial charge in [-0.05, 0) is 36.2 Å². The molecule has 0 spiro atoms. The number of halogens is 1. The van der Waals surface area contributed by atoms with Crippen molar-refractivity contribution in [2.75, 3.05) is 7.11 Å². The molecule has 0 amide bonds. The highest BCUT2D eigenvalue weighted by Crippen LogP contribution is 2.28. The SMILES string of the molecule is CCC(N)C(Oc1ccccc1F)c1ccc(OC)cc1. The molecular weight excluding hydrogens is 269 g/mol. The number of benzene rings is 2. The zero-order valence-electron chi connectivity index (χ0n) is 12.3. The van der Waals surface area contributed by atoms with Crippen LogP contribution in [0.4, 0.5) is 4.39 Å². The first-order valence-electron chi connectivity index (χ1n) is 6.96. The highest BCUT2D eigenvalue weighted by Gasteiger charge is 2.21. The van der Waals surface area contributed by atoms with E-state index < -0.39 is 6.10 Å². The normalized spacial score (nSPS) is 13.5. The van der Waals surface area contributed by atoms with Crippen molar-refractivity contribution in [1.29, 1.82) is 0 Å². The minimum Gasteiger partial charge on any atom is -0.497 e. The summed E-state index contributed by atoms with van der Waals surface area (Å²) in [5.74, 6) is 0.579. The first-order chi connectivity index (χ1) is 10.2. The highest BCUT2D eigenvalue weighted by atomic mass is 19.1. The van der Waals surface area contributed by atoms with Crippen LogP contribution in [0.25, 0.3) is 0 Å². The molecule has 0 bridgehead atoms. The van der Waals surface area contributed by atoms with Crippen molar-refractivity contribution in [3.8, 4) is 11.5 Å². The molecule has 0 aliphatic heterocycles. The summed E-state index contributed by atoms with van der Waals surface area (Å²) in [5, 5.41) is 0. The zero-order valence-corrected chi connectivity index (χ0v) is 12.3. The average molecular weight is 289 g/mol. The van der Waals surface area contributed by atoms with E-state index in [4.69, 9.17) is 15.2 Å². The molecule has 21 heavy (non-hydrogen) atoms. The Bertz CT molecular complexity index is 571. The van der Waals surface area contributed by atoms with Gasteiger partial charge >= 0.3 is 0 Å². The van der Waals surface area contributed by atoms with E-state index in [0.29, 0.717) is 0 Å². The van der Waals surface area contributed by atoms with Crippen LogP contribution in [-0.2, 0) is 0 Å². The van der Waals surface area contributed by atoms with Crippen LogP contribution in [0.1, 0.15) is 25.0 Å². The second-order valence-corrected chi connectivity index (χ2v) is 4.81. The molecule has 0 saturated heterocycles. The molecule has 2 N–H and O–H groups in total. The molecule has 0 heterocycles. The van der Waals surface area contributed by atoms with Crippen LogP contribution in [0.15, 0.2) is 48.5 Å². The molecule has 2 unspecified atom stereocenters. The van der Waals surface area contributed by atoms with Crippen LogP contribution in [0.2, 0.25) is 0 Å². The number of hydrogen-bond donors (Lipinski definition) is 1. The Morgan fingerprint density at radius 1 is 1.10 bits per heavy atom. The Balaban J connectivity index is 2.27. The lowest BCUT2D eigenvalue weighted by atomic mass is 10.0. The standard InChI is InChI=1S/C17H20FNO2/c1-3-15(19)17(12-8-10-13(20-2)11-9-12)21-16-7-5-4-6-14(16)18/h4-11,15,17H,3,19H2,1-2H3. The molecule has 3 nitrogen and oxygen atoms in total. The summed E-state index contributed by atoms with van der Waals surface area (Å²) in [4.78, 5) is 0. The van der Waals surface area contributed by atoms with Crippen LogP contribution >= 0.6 is 0 Å². The predicted octanol–water partition coefficient (Wildman–Crippen LogP) is 3.69. The van der Waals surface area contributed by atoms with Gasteiger partial charge in [-0.2, -0.15) is 0 Å². The van der Waals surface area contributed by atoms with Gasteiger partial charge in [0.15, 0.2) is 11.6 Å². The molecule has 2 atom stereocenters. The summed E-state index contributed by atoms with van der Waals surface area (Å²) in [6, 6.07) is 13.6. The fourth-order valence-electron chi connectivity index (χ4n) is 2.09. The van der Waals surface area contributed by atoms with Crippen LogP contribution in [0.3, 0.4) is 0 Å². The molecule has 0 aromatic heterocycles. The fourth-order valence-corrected chi connectivity index (χ4v) is 2.09. The molecular formula is C17H20FNO2. The minimum atomic E-state index is -0.405. The Hall–Kier alpha value is -2.07. The molecule has 0 saturated carbocycles. The van der Waals surface area contributed by atoms with Crippen molar-refractivity contribution in [3.63, 3.8) is 0 Å². The molecule has 4 heteroatoms. The van der Waals surface area contributed by atoms with Crippen LogP contribution in [-0.4, -0.2) is 13.2 Å². The molecule has 0 aliphatic rings. The zero-order chi connectivity index (χ0) is 15.2. The van der Waals surface area contributed by atoms with Crippen molar-refractivity contribution in [2.24, 2.45) is 5.73 Å². The Labute approximate surface area is 124 Å². The van der Waals surface area contributed by atoms with Crippen molar-refractivity contribution >= 4 is 0 Å². The summed E-state index contributed by atoms with van der Waals surface area (Å²) in [6.45, 7) is 1.98. The van der Waals surface area contributed by atoms with Gasteiger partial charge in [0.05, 0.1) is 7.11 Å². The second-order valence-electron chi connectivity index (χ2n) is 4.81. The minimum absolute atomic E-state index is 0.210. The fraction of sp³-hybridized carbons (Fsp3) is 0.294. The van der Waals surface area contributed by atoms with Crippen molar-refractivity contribution < 1.29 is 13.9 Å². The van der Waals surface area contributed by atoms with Gasteiger partial charge in [-0.15, -0.1) is 0 Å². The van der Waals surface area contributed by atoms with Crippen molar-refractivity contribution in [3.05, 3.63) is 59.9 Å². The van der Waals surface area contributed by atoms with Gasteiger partial charge in [0.25, 0.3) is 0 Å². The number of hydrogen-bond acceptors (Lipinski definition) is 3. The number of methoxy groups -OCH3 is 1. The first-order valence-corrected chi connectivity index (χ1v) is 6.96. The maximum Gasteiger partial charge on any atom is 0.165 e. The lowest BCUT2D eigenvalue weighted by Crippen LogP contribution is -2.31. The second kappa shape index (κ2) is 7.09. The van der Waals surface area contributed by atoms with Gasteiger partial charge in [0.1, 0.15) is 11.9 Å². The van der Waals surface area contributed by atoms with E-state index in [9.17, 15) is 4.39 Å². The first kappa shape index (κ1) is 15.3. The van der Waals surface area contributed by atoms with Gasteiger partial charge in [0, 0.05) is 6.04 Å². The molecule has 2 aromatic carbocycles. The third-order valence-corrected chi connectivity index (χ3v) is 3.40. The van der Waals surface area contributed by atoms with Gasteiger partial charge < -0.3 is 15.2 Å². The number of rotatable bonds is 6. The van der Waals surface area contributed by atoms with E-state index in [-0.39, 0.29) is 17.6 Å². The number of ether oxygens (including phenoxy) is 2. The van der Waals surface area contributed by atoms with Gasteiger partial charge in [-0.1, -0.05) is 31.2 Å². The molecule has 0 fully saturated rings. The molecule has 0 aliphatic carbocycles. The third-order valence-electron chi connectivity index (χ3n) is 3.40. The smallest absolute Gasteiger partial charge is 0.165 e. The van der Waals surface area contributed by atoms with E-state index in [1.807, 2.05) is 31.2 Å². The Kier molecular flexibility index (Phi) is 5.17. The van der Waals surface area contributed by atoms with Crippen LogP contribution < -0.4 is 15.2 Å². The summed E-state index contributed by atoms with van der Waals surface area (Å²) < 4.78 is 24.7. The number of nitrogens with two attached hydrogens (primary N) is 1. The highest BCUT2D eigenvalue weighted by molar-refractivity contribution is 5.31. The number of para-hydroxylation sites is 1. The van der Waals surface area contributed by atoms with Crippen LogP contribution in [0, 0.1) is 5.82 Å². The molecule has 0 radical (unpaired) electrons. The van der Waals surface area contributed by atoms with E-state index >= 15 is 0 Å². The quantitative estimate of drug-likeness (QED) is 0.882. The van der Waals surface area contributed by atoms with Crippen molar-refractivity contribution in [2.45, 2.75) is 25.5 Å². The maximum atomic E-state index is 13.8. The van der Waals surface area contributed by atoms with E-state index in [1.165, 1.54) is 6.07 Å².